The number of benzene rings is 2. The van der Waals surface area contributed by atoms with Gasteiger partial charge in [0, 0.05) is 12.4 Å². The summed E-state index contributed by atoms with van der Waals surface area (Å²) < 4.78 is 0. The Morgan fingerprint density at radius 3 is 1.58 bits per heavy atom. The van der Waals surface area contributed by atoms with E-state index in [9.17, 15) is 9.59 Å². The zero-order chi connectivity index (χ0) is 25.2. The zero-order valence-corrected chi connectivity index (χ0v) is 20.8. The van der Waals surface area contributed by atoms with Gasteiger partial charge in [0.05, 0.1) is 0 Å². The highest BCUT2D eigenvalue weighted by Crippen LogP contribution is 2.06. The maximum absolute atomic E-state index is 11.0. The molecule has 184 valence electrons. The van der Waals surface area contributed by atoms with Crippen molar-refractivity contribution in [2.45, 2.75) is 65.0 Å². The van der Waals surface area contributed by atoms with Gasteiger partial charge < -0.3 is 21.3 Å². The van der Waals surface area contributed by atoms with E-state index in [0.29, 0.717) is 37.1 Å². The normalized spacial score (nSPS) is 12.1. The summed E-state index contributed by atoms with van der Waals surface area (Å²) in [5, 5.41) is 20.4. The molecule has 0 radical (unpaired) electrons. The number of aliphatic carboxylic acids is 2. The molecule has 2 atom stereocenters. The van der Waals surface area contributed by atoms with E-state index in [0.717, 1.165) is 5.56 Å². The molecule has 2 rings (SSSR count). The van der Waals surface area contributed by atoms with Crippen LogP contribution < -0.4 is 11.1 Å². The first-order valence-electron chi connectivity index (χ1n) is 11.1. The van der Waals surface area contributed by atoms with Gasteiger partial charge in [-0.1, -0.05) is 88.4 Å². The lowest BCUT2D eigenvalue weighted by atomic mass is 10.0. The molecule has 5 N–H and O–H groups in total. The lowest BCUT2D eigenvalue weighted by molar-refractivity contribution is -0.140. The summed E-state index contributed by atoms with van der Waals surface area (Å²) in [5.41, 5.74) is 7.50. The van der Waals surface area contributed by atoms with Crippen LogP contribution in [-0.4, -0.2) is 34.2 Å². The molecule has 2 aromatic carbocycles. The van der Waals surface area contributed by atoms with Gasteiger partial charge >= 0.3 is 11.9 Å². The Labute approximate surface area is 203 Å². The van der Waals surface area contributed by atoms with E-state index in [1.54, 1.807) is 0 Å². The number of nitrogens with two attached hydrogens (primary N) is 1. The van der Waals surface area contributed by atoms with Crippen LogP contribution in [0.4, 0.5) is 0 Å². The second-order valence-corrected chi connectivity index (χ2v) is 8.85. The van der Waals surface area contributed by atoms with Gasteiger partial charge in [-0.15, -0.1) is 11.6 Å². The molecule has 0 fully saturated rings. The maximum atomic E-state index is 11.0. The Balaban J connectivity index is 0.000000510. The molecule has 0 aliphatic heterocycles. The van der Waals surface area contributed by atoms with Gasteiger partial charge in [0.25, 0.3) is 0 Å². The molecular formula is C26H39ClN2O4. The zero-order valence-electron chi connectivity index (χ0n) is 20.1. The van der Waals surface area contributed by atoms with Crippen molar-refractivity contribution in [3.8, 4) is 0 Å². The summed E-state index contributed by atoms with van der Waals surface area (Å²) in [5.74, 6) is -0.338. The fourth-order valence-electron chi connectivity index (χ4n) is 2.76. The SMILES string of the molecule is CC(C)CC(N)C(=O)O.CC(C)CC(NCc1ccccc1)C(=O)O.ClCc1ccccc1. The van der Waals surface area contributed by atoms with Gasteiger partial charge in [-0.25, -0.2) is 0 Å². The summed E-state index contributed by atoms with van der Waals surface area (Å²) >= 11 is 5.53. The highest BCUT2D eigenvalue weighted by molar-refractivity contribution is 6.17. The quantitative estimate of drug-likeness (QED) is 0.351. The maximum Gasteiger partial charge on any atom is 0.320 e. The fraction of sp³-hybridized carbons (Fsp3) is 0.462. The third kappa shape index (κ3) is 16.8. The second-order valence-electron chi connectivity index (χ2n) is 8.58. The minimum Gasteiger partial charge on any atom is -0.480 e. The van der Waals surface area contributed by atoms with E-state index in [2.05, 4.69) is 5.32 Å². The van der Waals surface area contributed by atoms with Crippen LogP contribution in [-0.2, 0) is 22.0 Å². The summed E-state index contributed by atoms with van der Waals surface area (Å²) in [6.07, 6.45) is 1.21. The Hall–Kier alpha value is -2.41. The molecule has 7 heteroatoms. The van der Waals surface area contributed by atoms with Crippen LogP contribution in [0.3, 0.4) is 0 Å². The first-order chi connectivity index (χ1) is 15.6. The van der Waals surface area contributed by atoms with E-state index in [4.69, 9.17) is 27.5 Å². The van der Waals surface area contributed by atoms with E-state index < -0.39 is 24.0 Å². The average Bonchev–Trinajstić information content (AvgIpc) is 2.78. The smallest absolute Gasteiger partial charge is 0.320 e. The van der Waals surface area contributed by atoms with E-state index in [1.807, 2.05) is 88.4 Å². The Bertz CT molecular complexity index is 770. The topological polar surface area (TPSA) is 113 Å². The van der Waals surface area contributed by atoms with E-state index >= 15 is 0 Å². The summed E-state index contributed by atoms with van der Waals surface area (Å²) in [6, 6.07) is 18.6. The number of rotatable bonds is 10. The van der Waals surface area contributed by atoms with Crippen molar-refractivity contribution in [3.63, 3.8) is 0 Å². The van der Waals surface area contributed by atoms with Crippen LogP contribution in [0.5, 0.6) is 0 Å². The van der Waals surface area contributed by atoms with Gasteiger partial charge in [-0.05, 0) is 35.8 Å². The van der Waals surface area contributed by atoms with E-state index in [1.165, 1.54) is 5.56 Å². The fourth-order valence-corrected chi connectivity index (χ4v) is 2.93. The molecular weight excluding hydrogens is 440 g/mol. The van der Waals surface area contributed by atoms with Crippen molar-refractivity contribution in [2.75, 3.05) is 0 Å². The molecule has 2 aromatic rings. The number of hydrogen-bond acceptors (Lipinski definition) is 4. The third-order valence-corrected chi connectivity index (χ3v) is 4.75. The first kappa shape index (κ1) is 30.6. The molecule has 0 amide bonds. The minimum absolute atomic E-state index is 0.357. The number of carboxylic acids is 2. The number of carboxylic acid groups (broad SMARTS) is 2. The standard InChI is InChI=1S/C13H19NO2.C7H7Cl.C6H13NO2/c1-10(2)8-12(13(15)16)14-9-11-6-4-3-5-7-11;8-6-7-4-2-1-3-5-7;1-4(2)3-5(7)6(8)9/h3-7,10,12,14H,8-9H2,1-2H3,(H,15,16);1-5H,6H2;4-5H,3,7H2,1-2H3,(H,8,9). The number of nitrogens with one attached hydrogen (secondary N) is 1. The number of carbonyl (C=O) groups is 2. The molecule has 6 nitrogen and oxygen atoms in total. The van der Waals surface area contributed by atoms with Crippen molar-refractivity contribution >= 4 is 23.5 Å². The molecule has 33 heavy (non-hydrogen) atoms. The van der Waals surface area contributed by atoms with Crippen LogP contribution >= 0.6 is 11.6 Å². The summed E-state index contributed by atoms with van der Waals surface area (Å²) in [7, 11) is 0. The van der Waals surface area contributed by atoms with Crippen molar-refractivity contribution < 1.29 is 19.8 Å². The molecule has 0 saturated heterocycles. The van der Waals surface area contributed by atoms with Crippen LogP contribution in [0.15, 0.2) is 60.7 Å². The predicted octanol–water partition coefficient (Wildman–Crippen LogP) is 5.15. The van der Waals surface area contributed by atoms with Crippen LogP contribution in [0.25, 0.3) is 0 Å². The van der Waals surface area contributed by atoms with Gasteiger partial charge in [0.15, 0.2) is 0 Å². The number of alkyl halides is 1. The minimum atomic E-state index is -0.913. The van der Waals surface area contributed by atoms with Crippen LogP contribution in [0.1, 0.15) is 51.7 Å². The molecule has 0 spiro atoms. The van der Waals surface area contributed by atoms with Crippen molar-refractivity contribution in [3.05, 3.63) is 71.8 Å². The van der Waals surface area contributed by atoms with Gasteiger partial charge in [-0.3, -0.25) is 9.59 Å². The highest BCUT2D eigenvalue weighted by Gasteiger charge is 2.17. The number of halogens is 1. The molecule has 0 heterocycles. The van der Waals surface area contributed by atoms with Crippen molar-refractivity contribution in [2.24, 2.45) is 17.6 Å². The molecule has 2 unspecified atom stereocenters. The Morgan fingerprint density at radius 2 is 1.27 bits per heavy atom. The number of hydrogen-bond donors (Lipinski definition) is 4. The third-order valence-electron chi connectivity index (χ3n) is 4.44. The van der Waals surface area contributed by atoms with Crippen LogP contribution in [0.2, 0.25) is 0 Å². The average molecular weight is 479 g/mol. The predicted molar refractivity (Wildman–Crippen MR) is 135 cm³/mol. The summed E-state index contributed by atoms with van der Waals surface area (Å²) in [4.78, 5) is 21.1. The lowest BCUT2D eigenvalue weighted by Crippen LogP contribution is -2.37. The van der Waals surface area contributed by atoms with Gasteiger partial charge in [0.1, 0.15) is 12.1 Å². The van der Waals surface area contributed by atoms with E-state index in [-0.39, 0.29) is 0 Å². The first-order valence-corrected chi connectivity index (χ1v) is 11.7. The van der Waals surface area contributed by atoms with Gasteiger partial charge in [0.2, 0.25) is 0 Å². The second kappa shape index (κ2) is 18.1. The van der Waals surface area contributed by atoms with Crippen molar-refractivity contribution in [1.82, 2.24) is 5.32 Å². The molecule has 0 aliphatic carbocycles. The molecule has 0 aromatic heterocycles. The summed E-state index contributed by atoms with van der Waals surface area (Å²) in [6.45, 7) is 8.55. The Kier molecular flexibility index (Phi) is 16.7. The van der Waals surface area contributed by atoms with Crippen molar-refractivity contribution in [1.29, 1.82) is 0 Å². The molecule has 0 bridgehead atoms. The largest absolute Gasteiger partial charge is 0.480 e. The Morgan fingerprint density at radius 1 is 0.818 bits per heavy atom. The monoisotopic (exact) mass is 478 g/mol. The molecule has 0 saturated carbocycles. The van der Waals surface area contributed by atoms with Gasteiger partial charge in [-0.2, -0.15) is 0 Å². The lowest BCUT2D eigenvalue weighted by Gasteiger charge is -2.16. The molecule has 0 aliphatic rings. The van der Waals surface area contributed by atoms with Crippen LogP contribution in [0, 0.1) is 11.8 Å². The highest BCUT2D eigenvalue weighted by atomic mass is 35.5.